The summed E-state index contributed by atoms with van der Waals surface area (Å²) in [6, 6.07) is 25.0. The number of aryl methyl sites for hydroxylation is 3. The molecule has 0 radical (unpaired) electrons. The molecule has 6 nitrogen and oxygen atoms in total. The Morgan fingerprint density at radius 2 is 1.58 bits per heavy atom. The molecule has 1 aliphatic carbocycles. The summed E-state index contributed by atoms with van der Waals surface area (Å²) in [6.45, 7) is 4.21. The van der Waals surface area contributed by atoms with Crippen LogP contribution in [0.2, 0.25) is 0 Å². The molecule has 3 aromatic carbocycles. The summed E-state index contributed by atoms with van der Waals surface area (Å²) in [4.78, 5) is 25.2. The van der Waals surface area contributed by atoms with Gasteiger partial charge in [0.1, 0.15) is 0 Å². The van der Waals surface area contributed by atoms with Crippen LogP contribution in [0.4, 0.5) is 0 Å². The third-order valence-corrected chi connectivity index (χ3v) is 5.87. The highest BCUT2D eigenvalue weighted by molar-refractivity contribution is 6.41. The van der Waals surface area contributed by atoms with E-state index in [9.17, 15) is 9.59 Å². The van der Waals surface area contributed by atoms with Gasteiger partial charge in [-0.25, -0.2) is 0 Å². The molecule has 3 aromatic rings. The van der Waals surface area contributed by atoms with Crippen LogP contribution < -0.4 is 10.6 Å². The van der Waals surface area contributed by atoms with Gasteiger partial charge in [0.05, 0.1) is 18.9 Å². The molecular weight excluding hydrogens is 451 g/mol. The summed E-state index contributed by atoms with van der Waals surface area (Å²) >= 11 is 0. The largest absolute Gasteiger partial charge is 0.472 e. The number of rotatable bonds is 7. The second kappa shape index (κ2) is 13.4. The highest BCUT2D eigenvalue weighted by Gasteiger charge is 2.23. The van der Waals surface area contributed by atoms with Crippen molar-refractivity contribution in [1.82, 2.24) is 10.6 Å². The van der Waals surface area contributed by atoms with E-state index in [2.05, 4.69) is 48.7 Å². The number of carbonyl (C=O) groups is 2. The second-order valence-corrected chi connectivity index (χ2v) is 8.90. The molecule has 0 saturated carbocycles. The van der Waals surface area contributed by atoms with Crippen molar-refractivity contribution in [1.29, 1.82) is 0 Å². The molecule has 0 spiro atoms. The van der Waals surface area contributed by atoms with Crippen molar-refractivity contribution in [3.63, 3.8) is 0 Å². The van der Waals surface area contributed by atoms with Crippen LogP contribution in [0.15, 0.2) is 84.9 Å². The minimum Gasteiger partial charge on any atom is -0.426 e. The lowest BCUT2D eigenvalue weighted by Crippen LogP contribution is -2.38. The molecule has 1 aliphatic rings. The minimum atomic E-state index is -1.61. The topological polar surface area (TPSA) is 98.7 Å². The Morgan fingerprint density at radius 1 is 0.917 bits per heavy atom. The SMILES string of the molecule is Cc1cccc(C)c1.O=C(CC(NC(=O)C1=CCCc2ccccc21)c1ccccc1)NCB(O)O. The number of hydrogen-bond acceptors (Lipinski definition) is 4. The number of allylic oxidation sites excluding steroid dienone is 1. The predicted molar refractivity (Wildman–Crippen MR) is 144 cm³/mol. The van der Waals surface area contributed by atoms with Gasteiger partial charge in [-0.15, -0.1) is 0 Å². The van der Waals surface area contributed by atoms with Crippen molar-refractivity contribution in [2.45, 2.75) is 39.2 Å². The number of nitrogens with one attached hydrogen (secondary N) is 2. The minimum absolute atomic E-state index is 0.00258. The van der Waals surface area contributed by atoms with Crippen LogP contribution in [0.1, 0.15) is 46.7 Å². The van der Waals surface area contributed by atoms with Gasteiger partial charge in [-0.1, -0.05) is 96.1 Å². The molecule has 36 heavy (non-hydrogen) atoms. The van der Waals surface area contributed by atoms with Crippen molar-refractivity contribution in [2.75, 3.05) is 6.44 Å². The second-order valence-electron chi connectivity index (χ2n) is 8.90. The average Bonchev–Trinajstić information content (AvgIpc) is 2.87. The van der Waals surface area contributed by atoms with Gasteiger partial charge < -0.3 is 20.7 Å². The van der Waals surface area contributed by atoms with Crippen LogP contribution >= 0.6 is 0 Å². The Balaban J connectivity index is 0.000000383. The average molecular weight is 484 g/mol. The molecule has 0 saturated heterocycles. The van der Waals surface area contributed by atoms with E-state index < -0.39 is 13.2 Å². The molecule has 0 fully saturated rings. The molecule has 0 heterocycles. The van der Waals surface area contributed by atoms with Gasteiger partial charge in [-0.05, 0) is 43.4 Å². The first-order valence-corrected chi connectivity index (χ1v) is 12.1. The van der Waals surface area contributed by atoms with E-state index in [0.29, 0.717) is 5.57 Å². The zero-order valence-electron chi connectivity index (χ0n) is 20.8. The van der Waals surface area contributed by atoms with Crippen LogP contribution in [0, 0.1) is 13.8 Å². The molecule has 2 amide bonds. The molecule has 0 bridgehead atoms. The van der Waals surface area contributed by atoms with Crippen molar-refractivity contribution in [2.24, 2.45) is 0 Å². The van der Waals surface area contributed by atoms with Crippen LogP contribution in [0.3, 0.4) is 0 Å². The summed E-state index contributed by atoms with van der Waals surface area (Å²) in [6.07, 6.45) is 3.37. The lowest BCUT2D eigenvalue weighted by atomic mass is 9.90. The molecule has 7 heteroatoms. The van der Waals surface area contributed by atoms with Crippen LogP contribution in [0.25, 0.3) is 5.57 Å². The highest BCUT2D eigenvalue weighted by Crippen LogP contribution is 2.27. The molecule has 0 aromatic heterocycles. The fourth-order valence-electron chi connectivity index (χ4n) is 4.14. The van der Waals surface area contributed by atoms with Gasteiger partial charge in [-0.2, -0.15) is 0 Å². The number of benzene rings is 3. The van der Waals surface area contributed by atoms with Crippen molar-refractivity contribution < 1.29 is 19.6 Å². The molecule has 1 unspecified atom stereocenters. The normalized spacial score (nSPS) is 12.7. The maximum absolute atomic E-state index is 13.0. The molecule has 4 N–H and O–H groups in total. The first kappa shape index (κ1) is 26.9. The predicted octanol–water partition coefficient (Wildman–Crippen LogP) is 3.70. The maximum atomic E-state index is 13.0. The van der Waals surface area contributed by atoms with Crippen LogP contribution in [0.5, 0.6) is 0 Å². The first-order valence-electron chi connectivity index (χ1n) is 12.1. The summed E-state index contributed by atoms with van der Waals surface area (Å²) in [7, 11) is -1.61. The maximum Gasteiger partial charge on any atom is 0.472 e. The van der Waals surface area contributed by atoms with E-state index in [4.69, 9.17) is 10.0 Å². The third kappa shape index (κ3) is 8.22. The van der Waals surface area contributed by atoms with E-state index in [-0.39, 0.29) is 24.7 Å². The van der Waals surface area contributed by atoms with E-state index in [1.807, 2.05) is 60.7 Å². The Kier molecular flexibility index (Phi) is 10.0. The summed E-state index contributed by atoms with van der Waals surface area (Å²) in [5.74, 6) is -0.601. The van der Waals surface area contributed by atoms with Crippen molar-refractivity contribution >= 4 is 24.5 Å². The Bertz CT molecular complexity index is 1180. The molecule has 0 aliphatic heterocycles. The van der Waals surface area contributed by atoms with Gasteiger partial charge >= 0.3 is 7.12 Å². The first-order chi connectivity index (χ1) is 17.3. The van der Waals surface area contributed by atoms with E-state index >= 15 is 0 Å². The molecular formula is C29H33BN2O4. The quantitative estimate of drug-likeness (QED) is 0.385. The number of hydrogen-bond donors (Lipinski definition) is 4. The highest BCUT2D eigenvalue weighted by atomic mass is 16.4. The number of carbonyl (C=O) groups excluding carboxylic acids is 2. The Hall–Kier alpha value is -3.68. The monoisotopic (exact) mass is 484 g/mol. The fraction of sp³-hybridized carbons (Fsp3) is 0.241. The van der Waals surface area contributed by atoms with E-state index in [1.165, 1.54) is 11.1 Å². The van der Waals surface area contributed by atoms with Gasteiger partial charge in [0.15, 0.2) is 0 Å². The van der Waals surface area contributed by atoms with Crippen LogP contribution in [-0.2, 0) is 16.0 Å². The fourth-order valence-corrected chi connectivity index (χ4v) is 4.14. The lowest BCUT2D eigenvalue weighted by Gasteiger charge is -2.22. The smallest absolute Gasteiger partial charge is 0.426 e. The van der Waals surface area contributed by atoms with Crippen molar-refractivity contribution in [3.8, 4) is 0 Å². The molecule has 186 valence electrons. The summed E-state index contributed by atoms with van der Waals surface area (Å²) < 4.78 is 0. The third-order valence-electron chi connectivity index (χ3n) is 5.87. The Labute approximate surface area is 213 Å². The Morgan fingerprint density at radius 3 is 2.22 bits per heavy atom. The zero-order valence-corrected chi connectivity index (χ0v) is 20.8. The standard InChI is InChI=1S/C21H23BN2O4.C8H10/c25-20(23-14-22(27)28)13-19(16-8-2-1-3-9-16)24-21(26)18-12-6-10-15-7-4-5-11-17(15)18;1-7-4-3-5-8(2)6-7/h1-5,7-9,11-12,19,27-28H,6,10,13-14H2,(H,23,25)(H,24,26);3-6H,1-2H3. The van der Waals surface area contributed by atoms with E-state index in [0.717, 1.165) is 29.5 Å². The lowest BCUT2D eigenvalue weighted by molar-refractivity contribution is -0.122. The van der Waals surface area contributed by atoms with Gasteiger partial charge in [0, 0.05) is 5.57 Å². The number of fused-ring (bicyclic) bond motifs is 1. The molecule has 4 rings (SSSR count). The van der Waals surface area contributed by atoms with Crippen LogP contribution in [-0.4, -0.2) is 35.4 Å². The summed E-state index contributed by atoms with van der Waals surface area (Å²) in [5, 5.41) is 23.3. The molecule has 1 atom stereocenters. The van der Waals surface area contributed by atoms with Gasteiger partial charge in [0.25, 0.3) is 5.91 Å². The zero-order chi connectivity index (χ0) is 25.9. The summed E-state index contributed by atoms with van der Waals surface area (Å²) in [5.41, 5.74) is 6.16. The van der Waals surface area contributed by atoms with E-state index in [1.54, 1.807) is 0 Å². The van der Waals surface area contributed by atoms with Gasteiger partial charge in [-0.3, -0.25) is 9.59 Å². The van der Waals surface area contributed by atoms with Gasteiger partial charge in [0.2, 0.25) is 5.91 Å². The van der Waals surface area contributed by atoms with Crippen molar-refractivity contribution in [3.05, 3.63) is 113 Å². The number of amides is 2.